The van der Waals surface area contributed by atoms with Crippen molar-refractivity contribution in [3.05, 3.63) is 77.1 Å². The summed E-state index contributed by atoms with van der Waals surface area (Å²) >= 11 is 5.90. The van der Waals surface area contributed by atoms with Gasteiger partial charge in [0.25, 0.3) is 0 Å². The van der Waals surface area contributed by atoms with Crippen molar-refractivity contribution in [2.75, 3.05) is 0 Å². The van der Waals surface area contributed by atoms with Crippen molar-refractivity contribution < 1.29 is 4.79 Å². The molecule has 1 heterocycles. The van der Waals surface area contributed by atoms with Crippen molar-refractivity contribution in [1.29, 1.82) is 0 Å². The average molecular weight is 280 g/mol. The van der Waals surface area contributed by atoms with Crippen LogP contribution < -0.4 is 0 Å². The van der Waals surface area contributed by atoms with Crippen LogP contribution in [0.3, 0.4) is 0 Å². The maximum atomic E-state index is 12.4. The van der Waals surface area contributed by atoms with E-state index in [-0.39, 0.29) is 5.78 Å². The first kappa shape index (κ1) is 11.5. The molecule has 2 nitrogen and oxygen atoms in total. The molecular weight excluding hydrogens is 270 g/mol. The molecule has 4 rings (SSSR count). The molecule has 0 aliphatic heterocycles. The van der Waals surface area contributed by atoms with Gasteiger partial charge in [-0.2, -0.15) is 0 Å². The molecule has 0 N–H and O–H groups in total. The number of hydrogen-bond donors (Lipinski definition) is 0. The number of carbonyl (C=O) groups excluding carboxylic acids is 1. The number of nitrogens with zero attached hydrogens (tertiary/aromatic N) is 1. The van der Waals surface area contributed by atoms with Gasteiger partial charge in [-0.25, -0.2) is 0 Å². The van der Waals surface area contributed by atoms with E-state index in [0.29, 0.717) is 5.02 Å². The summed E-state index contributed by atoms with van der Waals surface area (Å²) in [6.45, 7) is 0. The minimum Gasteiger partial charge on any atom is -0.322 e. The predicted octanol–water partition coefficient (Wildman–Crippen LogP) is 4.34. The highest BCUT2D eigenvalue weighted by molar-refractivity contribution is 6.30. The van der Waals surface area contributed by atoms with Gasteiger partial charge in [-0.15, -0.1) is 0 Å². The highest BCUT2D eigenvalue weighted by atomic mass is 35.5. The number of carbonyl (C=O) groups is 1. The quantitative estimate of drug-likeness (QED) is 0.508. The Labute approximate surface area is 121 Å². The molecule has 0 fully saturated rings. The Kier molecular flexibility index (Phi) is 2.35. The van der Waals surface area contributed by atoms with E-state index >= 15 is 0 Å². The molecule has 0 amide bonds. The highest BCUT2D eigenvalue weighted by Crippen LogP contribution is 2.37. The van der Waals surface area contributed by atoms with E-state index in [4.69, 9.17) is 11.6 Å². The smallest absolute Gasteiger partial charge is 0.195 e. The maximum absolute atomic E-state index is 12.4. The van der Waals surface area contributed by atoms with Crippen LogP contribution in [0.1, 0.15) is 15.9 Å². The van der Waals surface area contributed by atoms with E-state index in [9.17, 15) is 4.79 Å². The second-order valence-corrected chi connectivity index (χ2v) is 5.28. The second-order valence-electron chi connectivity index (χ2n) is 4.84. The molecule has 0 bridgehead atoms. The summed E-state index contributed by atoms with van der Waals surface area (Å²) in [4.78, 5) is 12.4. The zero-order valence-corrected chi connectivity index (χ0v) is 11.3. The molecule has 0 radical (unpaired) electrons. The topological polar surface area (TPSA) is 22.0 Å². The fourth-order valence-corrected chi connectivity index (χ4v) is 2.80. The molecule has 1 aromatic heterocycles. The minimum absolute atomic E-state index is 0.100. The van der Waals surface area contributed by atoms with Crippen LogP contribution in [0.4, 0.5) is 0 Å². The summed E-state index contributed by atoms with van der Waals surface area (Å²) in [6.07, 6.45) is 3.89. The number of rotatable bonds is 1. The Morgan fingerprint density at radius 1 is 0.750 bits per heavy atom. The zero-order chi connectivity index (χ0) is 13.7. The molecule has 0 unspecified atom stereocenters. The number of hydrogen-bond acceptors (Lipinski definition) is 1. The third-order valence-electron chi connectivity index (χ3n) is 3.66. The van der Waals surface area contributed by atoms with Gasteiger partial charge < -0.3 is 4.57 Å². The summed E-state index contributed by atoms with van der Waals surface area (Å²) in [5.74, 6) is 0.100. The second kappa shape index (κ2) is 4.09. The fraction of sp³-hybridized carbons (Fsp3) is 0. The normalized spacial score (nSPS) is 12.3. The molecule has 1 aliphatic rings. The van der Waals surface area contributed by atoms with Crippen molar-refractivity contribution in [2.45, 2.75) is 0 Å². The van der Waals surface area contributed by atoms with Crippen LogP contribution in [0, 0.1) is 0 Å². The number of fused-ring (bicyclic) bond motifs is 3. The standard InChI is InChI=1S/C17H10ClNO/c18-11-5-7-12(8-6-11)19-9-15-13-3-1-2-4-14(13)17(20)16(15)10-19/h1-10H. The van der Waals surface area contributed by atoms with Gasteiger partial charge >= 0.3 is 0 Å². The lowest BCUT2D eigenvalue weighted by Gasteiger charge is -2.03. The average Bonchev–Trinajstić information content (AvgIpc) is 3.01. The molecular formula is C17H10ClNO. The summed E-state index contributed by atoms with van der Waals surface area (Å²) < 4.78 is 1.97. The maximum Gasteiger partial charge on any atom is 0.195 e. The lowest BCUT2D eigenvalue weighted by atomic mass is 10.1. The van der Waals surface area contributed by atoms with Crippen molar-refractivity contribution in [3.8, 4) is 16.8 Å². The van der Waals surface area contributed by atoms with E-state index in [0.717, 1.165) is 27.9 Å². The third kappa shape index (κ3) is 1.55. The predicted molar refractivity (Wildman–Crippen MR) is 79.6 cm³/mol. The van der Waals surface area contributed by atoms with E-state index in [1.807, 2.05) is 65.5 Å². The number of halogens is 1. The van der Waals surface area contributed by atoms with Crippen molar-refractivity contribution in [3.63, 3.8) is 0 Å². The Bertz CT molecular complexity index is 830. The van der Waals surface area contributed by atoms with E-state index in [1.54, 1.807) is 0 Å². The third-order valence-corrected chi connectivity index (χ3v) is 3.91. The van der Waals surface area contributed by atoms with E-state index in [1.165, 1.54) is 0 Å². The van der Waals surface area contributed by atoms with Crippen LogP contribution in [-0.2, 0) is 0 Å². The zero-order valence-electron chi connectivity index (χ0n) is 10.5. The van der Waals surface area contributed by atoms with Gasteiger partial charge in [0, 0.05) is 39.8 Å². The molecule has 0 saturated heterocycles. The van der Waals surface area contributed by atoms with Crippen molar-refractivity contribution in [1.82, 2.24) is 4.57 Å². The van der Waals surface area contributed by atoms with E-state index in [2.05, 4.69) is 0 Å². The summed E-state index contributed by atoms with van der Waals surface area (Å²) in [5.41, 5.74) is 4.57. The Hall–Kier alpha value is -2.32. The summed E-state index contributed by atoms with van der Waals surface area (Å²) in [6, 6.07) is 15.3. The minimum atomic E-state index is 0.100. The molecule has 96 valence electrons. The first-order chi connectivity index (χ1) is 9.74. The van der Waals surface area contributed by atoms with Crippen molar-refractivity contribution >= 4 is 17.4 Å². The first-order valence-corrected chi connectivity index (χ1v) is 6.74. The van der Waals surface area contributed by atoms with Gasteiger partial charge in [-0.05, 0) is 29.8 Å². The lowest BCUT2D eigenvalue weighted by molar-refractivity contribution is 0.104. The number of benzene rings is 2. The molecule has 3 aromatic rings. The highest BCUT2D eigenvalue weighted by Gasteiger charge is 2.27. The monoisotopic (exact) mass is 279 g/mol. The Morgan fingerprint density at radius 2 is 1.40 bits per heavy atom. The van der Waals surface area contributed by atoms with Crippen LogP contribution in [0.25, 0.3) is 16.8 Å². The Morgan fingerprint density at radius 3 is 2.15 bits per heavy atom. The molecule has 20 heavy (non-hydrogen) atoms. The van der Waals surface area contributed by atoms with Crippen molar-refractivity contribution in [2.24, 2.45) is 0 Å². The first-order valence-electron chi connectivity index (χ1n) is 6.36. The van der Waals surface area contributed by atoms with Crippen LogP contribution in [0.15, 0.2) is 60.9 Å². The number of ketones is 1. The van der Waals surface area contributed by atoms with Gasteiger partial charge in [0.15, 0.2) is 5.78 Å². The van der Waals surface area contributed by atoms with Gasteiger partial charge in [-0.3, -0.25) is 4.79 Å². The lowest BCUT2D eigenvalue weighted by Crippen LogP contribution is -1.96. The van der Waals surface area contributed by atoms with Crippen LogP contribution >= 0.6 is 11.6 Å². The molecule has 0 spiro atoms. The van der Waals surface area contributed by atoms with Crippen LogP contribution in [0.2, 0.25) is 5.02 Å². The van der Waals surface area contributed by atoms with Gasteiger partial charge in [-0.1, -0.05) is 35.9 Å². The van der Waals surface area contributed by atoms with Crippen LogP contribution in [0.5, 0.6) is 0 Å². The van der Waals surface area contributed by atoms with Gasteiger partial charge in [0.2, 0.25) is 0 Å². The molecule has 0 saturated carbocycles. The summed E-state index contributed by atoms with van der Waals surface area (Å²) in [5, 5.41) is 0.704. The molecule has 2 aromatic carbocycles. The largest absolute Gasteiger partial charge is 0.322 e. The Balaban J connectivity index is 1.88. The molecule has 1 aliphatic carbocycles. The van der Waals surface area contributed by atoms with E-state index < -0.39 is 0 Å². The van der Waals surface area contributed by atoms with Gasteiger partial charge in [0.1, 0.15) is 0 Å². The number of aromatic nitrogens is 1. The summed E-state index contributed by atoms with van der Waals surface area (Å²) in [7, 11) is 0. The SMILES string of the molecule is O=C1c2ccccc2-c2cn(-c3ccc(Cl)cc3)cc21. The molecule has 0 atom stereocenters. The fourth-order valence-electron chi connectivity index (χ4n) is 2.67. The molecule has 3 heteroatoms. The van der Waals surface area contributed by atoms with Crippen LogP contribution in [-0.4, -0.2) is 10.4 Å². The van der Waals surface area contributed by atoms with Gasteiger partial charge in [0.05, 0.1) is 0 Å².